The summed E-state index contributed by atoms with van der Waals surface area (Å²) in [5.41, 5.74) is 4.09. The second-order valence-corrected chi connectivity index (χ2v) is 12.0. The fourth-order valence-corrected chi connectivity index (χ4v) is 7.15. The fourth-order valence-electron chi connectivity index (χ4n) is 7.15. The standard InChI is InChI=1S/C33H43N5O3/c1-41-23-33(40)16-8-7-13-29(33)38-24-35-30(31(38)26-10-3-2-4-11-26)32(39)37-20-17-34-21-28(37)15-19-36-18-14-25-9-5-6-12-27(25)22-36/h2-6,9-12,24,28-29,34,40H,7-8,13-23H2,1H3/t28-,29-,33-/m1/s1. The van der Waals surface area contributed by atoms with Gasteiger partial charge in [-0.25, -0.2) is 4.98 Å². The molecule has 0 unspecified atom stereocenters. The summed E-state index contributed by atoms with van der Waals surface area (Å²) in [5.74, 6) is -0.0239. The van der Waals surface area contributed by atoms with E-state index in [0.29, 0.717) is 18.7 Å². The highest BCUT2D eigenvalue weighted by Gasteiger charge is 2.42. The number of aliphatic hydroxyl groups is 1. The molecule has 0 radical (unpaired) electrons. The van der Waals surface area contributed by atoms with Gasteiger partial charge < -0.3 is 24.6 Å². The van der Waals surface area contributed by atoms with Crippen LogP contribution in [-0.2, 0) is 17.7 Å². The first-order valence-corrected chi connectivity index (χ1v) is 15.2. The molecule has 2 N–H and O–H groups in total. The summed E-state index contributed by atoms with van der Waals surface area (Å²) in [6.07, 6.45) is 7.24. The molecule has 0 bridgehead atoms. The lowest BCUT2D eigenvalue weighted by Crippen LogP contribution is -2.54. The van der Waals surface area contributed by atoms with Gasteiger partial charge in [-0.3, -0.25) is 9.69 Å². The lowest BCUT2D eigenvalue weighted by molar-refractivity contribution is -0.0893. The van der Waals surface area contributed by atoms with E-state index >= 15 is 0 Å². The fraction of sp³-hybridized carbons (Fsp3) is 0.515. The van der Waals surface area contributed by atoms with Crippen molar-refractivity contribution in [1.82, 2.24) is 24.7 Å². The van der Waals surface area contributed by atoms with Crippen molar-refractivity contribution in [2.75, 3.05) is 46.4 Å². The van der Waals surface area contributed by atoms with Crippen LogP contribution >= 0.6 is 0 Å². The van der Waals surface area contributed by atoms with Gasteiger partial charge in [-0.05, 0) is 36.8 Å². The van der Waals surface area contributed by atoms with Gasteiger partial charge in [0.1, 0.15) is 5.60 Å². The Bertz CT molecular complexity index is 1320. The largest absolute Gasteiger partial charge is 0.385 e. The highest BCUT2D eigenvalue weighted by Crippen LogP contribution is 2.41. The topological polar surface area (TPSA) is 82.9 Å². The lowest BCUT2D eigenvalue weighted by Gasteiger charge is -2.41. The van der Waals surface area contributed by atoms with E-state index in [9.17, 15) is 9.90 Å². The molecular weight excluding hydrogens is 514 g/mol. The van der Waals surface area contributed by atoms with E-state index in [2.05, 4.69) is 39.0 Å². The number of piperazine rings is 1. The maximum Gasteiger partial charge on any atom is 0.275 e. The van der Waals surface area contributed by atoms with Gasteiger partial charge in [-0.2, -0.15) is 0 Å². The molecule has 2 fully saturated rings. The number of benzene rings is 2. The number of hydrogen-bond donors (Lipinski definition) is 2. The number of nitrogens with one attached hydrogen (secondary N) is 1. The molecular formula is C33H43N5O3. The third-order valence-electron chi connectivity index (χ3n) is 9.33. The molecule has 218 valence electrons. The van der Waals surface area contributed by atoms with Crippen LogP contribution in [0.15, 0.2) is 60.9 Å². The Morgan fingerprint density at radius 1 is 1.10 bits per heavy atom. The maximum atomic E-state index is 14.3. The molecule has 1 saturated heterocycles. The van der Waals surface area contributed by atoms with Crippen LogP contribution in [0.25, 0.3) is 11.3 Å². The number of nitrogens with zero attached hydrogens (tertiary/aromatic N) is 4. The number of carbonyl (C=O) groups excluding carboxylic acids is 1. The summed E-state index contributed by atoms with van der Waals surface area (Å²) in [7, 11) is 1.64. The average molecular weight is 558 g/mol. The lowest BCUT2D eigenvalue weighted by atomic mass is 9.80. The zero-order valence-electron chi connectivity index (χ0n) is 24.2. The zero-order valence-corrected chi connectivity index (χ0v) is 24.2. The van der Waals surface area contributed by atoms with E-state index in [-0.39, 0.29) is 24.6 Å². The minimum absolute atomic E-state index is 0.0239. The van der Waals surface area contributed by atoms with Crippen LogP contribution in [0.2, 0.25) is 0 Å². The summed E-state index contributed by atoms with van der Waals surface area (Å²) in [6, 6.07) is 18.7. The minimum Gasteiger partial charge on any atom is -0.385 e. The highest BCUT2D eigenvalue weighted by atomic mass is 16.5. The smallest absolute Gasteiger partial charge is 0.275 e. The SMILES string of the molecule is COC[C@]1(O)CCCC[C@H]1n1cnc(C(=O)N2CCNC[C@H]2CCN2CCc3ccccc3C2)c1-c1ccccc1. The number of rotatable bonds is 8. The second-order valence-electron chi connectivity index (χ2n) is 12.0. The third kappa shape index (κ3) is 5.84. The Kier molecular flexibility index (Phi) is 8.53. The molecule has 8 nitrogen and oxygen atoms in total. The Morgan fingerprint density at radius 3 is 2.73 bits per heavy atom. The predicted molar refractivity (Wildman–Crippen MR) is 160 cm³/mol. The third-order valence-corrected chi connectivity index (χ3v) is 9.33. The van der Waals surface area contributed by atoms with Crippen LogP contribution in [0.4, 0.5) is 0 Å². The number of amides is 1. The van der Waals surface area contributed by atoms with Crippen molar-refractivity contribution in [3.8, 4) is 11.3 Å². The van der Waals surface area contributed by atoms with Gasteiger partial charge in [0.2, 0.25) is 0 Å². The molecule has 3 aromatic rings. The van der Waals surface area contributed by atoms with Gasteiger partial charge >= 0.3 is 0 Å². The molecule has 3 heterocycles. The van der Waals surface area contributed by atoms with Gasteiger partial charge in [-0.1, -0.05) is 67.4 Å². The molecule has 3 aliphatic rings. The highest BCUT2D eigenvalue weighted by molar-refractivity contribution is 5.98. The van der Waals surface area contributed by atoms with Crippen LogP contribution in [-0.4, -0.2) is 88.4 Å². The number of aromatic nitrogens is 2. The van der Waals surface area contributed by atoms with E-state index in [1.807, 2.05) is 35.2 Å². The van der Waals surface area contributed by atoms with Gasteiger partial charge in [0.05, 0.1) is 24.7 Å². The van der Waals surface area contributed by atoms with Crippen molar-refractivity contribution in [1.29, 1.82) is 0 Å². The van der Waals surface area contributed by atoms with E-state index in [1.54, 1.807) is 13.4 Å². The number of ether oxygens (including phenoxy) is 1. The molecule has 0 spiro atoms. The number of imidazole rings is 1. The van der Waals surface area contributed by atoms with Gasteiger partial charge in [0.25, 0.3) is 5.91 Å². The number of fused-ring (bicyclic) bond motifs is 1. The molecule has 1 amide bonds. The van der Waals surface area contributed by atoms with Crippen molar-refractivity contribution in [2.24, 2.45) is 0 Å². The Labute approximate surface area is 243 Å². The number of methoxy groups -OCH3 is 1. The van der Waals surface area contributed by atoms with Gasteiger partial charge in [-0.15, -0.1) is 0 Å². The molecule has 1 aromatic heterocycles. The van der Waals surface area contributed by atoms with Crippen LogP contribution in [0.1, 0.15) is 59.8 Å². The average Bonchev–Trinajstić information content (AvgIpc) is 3.45. The van der Waals surface area contributed by atoms with Crippen molar-refractivity contribution in [3.05, 3.63) is 77.7 Å². The molecule has 1 aliphatic carbocycles. The normalized spacial score (nSPS) is 25.2. The predicted octanol–water partition coefficient (Wildman–Crippen LogP) is 3.91. The van der Waals surface area contributed by atoms with E-state index < -0.39 is 5.60 Å². The summed E-state index contributed by atoms with van der Waals surface area (Å²) in [5, 5.41) is 15.2. The van der Waals surface area contributed by atoms with E-state index in [1.165, 1.54) is 11.1 Å². The molecule has 8 heteroatoms. The van der Waals surface area contributed by atoms with Crippen LogP contribution in [0.3, 0.4) is 0 Å². The number of carbonyl (C=O) groups is 1. The first-order valence-electron chi connectivity index (χ1n) is 15.2. The van der Waals surface area contributed by atoms with Crippen LogP contribution in [0.5, 0.6) is 0 Å². The van der Waals surface area contributed by atoms with Crippen molar-refractivity contribution in [3.63, 3.8) is 0 Å². The Hall–Kier alpha value is -3.04. The van der Waals surface area contributed by atoms with Crippen molar-refractivity contribution < 1.29 is 14.6 Å². The van der Waals surface area contributed by atoms with E-state index in [0.717, 1.165) is 76.1 Å². The minimum atomic E-state index is -0.998. The zero-order chi connectivity index (χ0) is 28.2. The van der Waals surface area contributed by atoms with Crippen LogP contribution in [0, 0.1) is 0 Å². The molecule has 3 atom stereocenters. The first-order chi connectivity index (χ1) is 20.1. The van der Waals surface area contributed by atoms with Crippen molar-refractivity contribution in [2.45, 2.75) is 62.8 Å². The Balaban J connectivity index is 1.26. The van der Waals surface area contributed by atoms with Gasteiger partial charge in [0, 0.05) is 58.0 Å². The number of hydrogen-bond acceptors (Lipinski definition) is 6. The Morgan fingerprint density at radius 2 is 1.90 bits per heavy atom. The van der Waals surface area contributed by atoms with E-state index in [4.69, 9.17) is 9.72 Å². The molecule has 1 saturated carbocycles. The maximum absolute atomic E-state index is 14.3. The molecule has 41 heavy (non-hydrogen) atoms. The molecule has 2 aliphatic heterocycles. The first kappa shape index (κ1) is 28.1. The summed E-state index contributed by atoms with van der Waals surface area (Å²) >= 11 is 0. The molecule has 2 aromatic carbocycles. The summed E-state index contributed by atoms with van der Waals surface area (Å²) < 4.78 is 7.53. The summed E-state index contributed by atoms with van der Waals surface area (Å²) in [4.78, 5) is 23.6. The summed E-state index contributed by atoms with van der Waals surface area (Å²) in [6.45, 7) is 5.46. The van der Waals surface area contributed by atoms with Gasteiger partial charge in [0.15, 0.2) is 5.69 Å². The van der Waals surface area contributed by atoms with Crippen LogP contribution < -0.4 is 5.32 Å². The van der Waals surface area contributed by atoms with Crippen molar-refractivity contribution >= 4 is 5.91 Å². The second kappa shape index (κ2) is 12.4. The molecule has 6 rings (SSSR count). The quantitative estimate of drug-likeness (QED) is 0.437. The monoisotopic (exact) mass is 557 g/mol.